The fourth-order valence-electron chi connectivity index (χ4n) is 4.55. The number of pyridine rings is 1. The van der Waals surface area contributed by atoms with Crippen LogP contribution in [0.15, 0.2) is 24.7 Å². The molecule has 1 aliphatic heterocycles. The minimum absolute atomic E-state index is 0.0644. The van der Waals surface area contributed by atoms with Crippen molar-refractivity contribution in [3.63, 3.8) is 0 Å². The smallest absolute Gasteiger partial charge is 0.262 e. The largest absolute Gasteiger partial charge is 0.494 e. The third-order valence-corrected chi connectivity index (χ3v) is 6.62. The van der Waals surface area contributed by atoms with Gasteiger partial charge in [0.05, 0.1) is 25.5 Å². The summed E-state index contributed by atoms with van der Waals surface area (Å²) in [4.78, 5) is 13.9. The first kappa shape index (κ1) is 23.7. The molecule has 4 rings (SSSR count). The fourth-order valence-corrected chi connectivity index (χ4v) is 4.55. The summed E-state index contributed by atoms with van der Waals surface area (Å²) in [5.41, 5.74) is 2.21. The predicted octanol–water partition coefficient (Wildman–Crippen LogP) is 2.75. The maximum absolute atomic E-state index is 14.5. The molecule has 0 saturated carbocycles. The number of fused-ring (bicyclic) bond motifs is 1. The van der Waals surface area contributed by atoms with Crippen LogP contribution in [0.5, 0.6) is 5.75 Å². The average Bonchev–Trinajstić information content (AvgIpc) is 3.45. The highest BCUT2D eigenvalue weighted by molar-refractivity contribution is 5.86. The van der Waals surface area contributed by atoms with Gasteiger partial charge in [0.1, 0.15) is 22.9 Å². The molecule has 3 aromatic rings. The van der Waals surface area contributed by atoms with Gasteiger partial charge in [-0.25, -0.2) is 8.91 Å². The van der Waals surface area contributed by atoms with Gasteiger partial charge in [-0.05, 0) is 25.3 Å². The highest BCUT2D eigenvalue weighted by atomic mass is 19.1. The number of nitrogens with zero attached hydrogens (tertiary/aromatic N) is 6. The summed E-state index contributed by atoms with van der Waals surface area (Å²) in [6.07, 6.45) is 7.48. The van der Waals surface area contributed by atoms with Crippen molar-refractivity contribution in [2.24, 2.45) is 0 Å². The Morgan fingerprint density at radius 2 is 2.15 bits per heavy atom. The number of carbonyl (C=O) groups is 1. The molecule has 1 unspecified atom stereocenters. The highest BCUT2D eigenvalue weighted by Gasteiger charge is 2.46. The van der Waals surface area contributed by atoms with Crippen LogP contribution in [0.3, 0.4) is 0 Å². The van der Waals surface area contributed by atoms with E-state index in [9.17, 15) is 14.4 Å². The van der Waals surface area contributed by atoms with E-state index < -0.39 is 11.6 Å². The Balaban J connectivity index is 1.60. The normalized spacial score (nSPS) is 15.5. The quantitative estimate of drug-likeness (QED) is 0.519. The summed E-state index contributed by atoms with van der Waals surface area (Å²) in [5.74, 6) is 0.105. The summed E-state index contributed by atoms with van der Waals surface area (Å²) < 4.78 is 23.7. The second kappa shape index (κ2) is 9.43. The average molecular weight is 468 g/mol. The van der Waals surface area contributed by atoms with Crippen LogP contribution in [0.1, 0.15) is 44.0 Å². The molecule has 3 aromatic heterocycles. The number of alkyl halides is 1. The molecule has 1 amide bonds. The number of aromatic nitrogens is 4. The minimum atomic E-state index is -1.78. The highest BCUT2D eigenvalue weighted by Crippen LogP contribution is 2.33. The van der Waals surface area contributed by atoms with Crippen molar-refractivity contribution < 1.29 is 13.9 Å². The molecule has 1 atom stereocenters. The minimum Gasteiger partial charge on any atom is -0.494 e. The maximum Gasteiger partial charge on any atom is 0.262 e. The van der Waals surface area contributed by atoms with Crippen LogP contribution in [-0.4, -0.2) is 69.7 Å². The van der Waals surface area contributed by atoms with E-state index >= 15 is 0 Å². The molecule has 1 saturated heterocycles. The zero-order valence-electron chi connectivity index (χ0n) is 20.0. The number of ether oxygens (including phenoxy) is 1. The monoisotopic (exact) mass is 467 g/mol. The Labute approximate surface area is 198 Å². The predicted molar refractivity (Wildman–Crippen MR) is 125 cm³/mol. The molecular formula is C24H30FN7O2. The number of nitriles is 1. The number of rotatable bonds is 9. The lowest BCUT2D eigenvalue weighted by Gasteiger charge is -2.36. The van der Waals surface area contributed by atoms with Crippen molar-refractivity contribution >= 4 is 11.4 Å². The molecule has 1 N–H and O–H groups in total. The van der Waals surface area contributed by atoms with E-state index in [1.54, 1.807) is 18.7 Å². The first-order chi connectivity index (χ1) is 16.4. The van der Waals surface area contributed by atoms with Crippen molar-refractivity contribution in [1.29, 1.82) is 5.26 Å². The van der Waals surface area contributed by atoms with Crippen LogP contribution >= 0.6 is 0 Å². The van der Waals surface area contributed by atoms with Crippen molar-refractivity contribution in [2.45, 2.75) is 44.8 Å². The second-order valence-corrected chi connectivity index (χ2v) is 8.71. The molecule has 0 aliphatic carbocycles. The molecule has 0 bridgehead atoms. The molecule has 0 spiro atoms. The Hall–Kier alpha value is -3.45. The summed E-state index contributed by atoms with van der Waals surface area (Å²) in [5, 5.41) is 21.2. The summed E-state index contributed by atoms with van der Waals surface area (Å²) in [6, 6.07) is 4.11. The topological polar surface area (TPSA) is 100 Å². The van der Waals surface area contributed by atoms with Gasteiger partial charge in [-0.15, -0.1) is 0 Å². The van der Waals surface area contributed by atoms with Crippen LogP contribution in [0, 0.1) is 11.3 Å². The van der Waals surface area contributed by atoms with Crippen molar-refractivity contribution in [1.82, 2.24) is 29.6 Å². The zero-order chi connectivity index (χ0) is 24.5. The molecule has 0 aromatic carbocycles. The maximum atomic E-state index is 14.5. The van der Waals surface area contributed by atoms with Gasteiger partial charge in [-0.1, -0.05) is 13.8 Å². The summed E-state index contributed by atoms with van der Waals surface area (Å²) in [6.45, 7) is 4.77. The summed E-state index contributed by atoms with van der Waals surface area (Å²) >= 11 is 0. The Kier molecular flexibility index (Phi) is 6.57. The number of methoxy groups -OCH3 is 1. The number of amides is 1. The number of halogens is 1. The third-order valence-electron chi connectivity index (χ3n) is 6.62. The zero-order valence-corrected chi connectivity index (χ0v) is 20.0. The second-order valence-electron chi connectivity index (χ2n) is 8.71. The van der Waals surface area contributed by atoms with Crippen LogP contribution in [0.2, 0.25) is 0 Å². The standard InChI is InChI=1S/C24H30FN7O2/c1-5-18(7-8-30(3)23(33)24(25)14-27-15-24)32-20(6-2)19(12-29-32)16-9-21(34-4)22-17(10-26)11-28-31(22)13-16/h9,11-13,18,27H,5-8,14-15H2,1-4H3. The van der Waals surface area contributed by atoms with Gasteiger partial charge in [-0.2, -0.15) is 15.5 Å². The van der Waals surface area contributed by atoms with Gasteiger partial charge in [-0.3, -0.25) is 9.48 Å². The lowest BCUT2D eigenvalue weighted by molar-refractivity contribution is -0.146. The first-order valence-corrected chi connectivity index (χ1v) is 11.5. The summed E-state index contributed by atoms with van der Waals surface area (Å²) in [7, 11) is 3.23. The van der Waals surface area contributed by atoms with Crippen LogP contribution in [0.25, 0.3) is 16.6 Å². The van der Waals surface area contributed by atoms with E-state index in [1.165, 1.54) is 11.1 Å². The fraction of sp³-hybridized carbons (Fsp3) is 0.500. The van der Waals surface area contributed by atoms with Crippen LogP contribution in [0.4, 0.5) is 4.39 Å². The van der Waals surface area contributed by atoms with E-state index in [0.29, 0.717) is 29.8 Å². The van der Waals surface area contributed by atoms with E-state index in [4.69, 9.17) is 9.84 Å². The first-order valence-electron chi connectivity index (χ1n) is 11.5. The van der Waals surface area contributed by atoms with Gasteiger partial charge < -0.3 is 15.0 Å². The van der Waals surface area contributed by atoms with Crippen LogP contribution in [-0.2, 0) is 11.2 Å². The van der Waals surface area contributed by atoms with Crippen LogP contribution < -0.4 is 10.1 Å². The lowest BCUT2D eigenvalue weighted by atomic mass is 9.97. The van der Waals surface area contributed by atoms with Gasteiger partial charge in [0.25, 0.3) is 5.91 Å². The molecule has 1 fully saturated rings. The van der Waals surface area contributed by atoms with Crippen molar-refractivity contribution in [3.05, 3.63) is 35.9 Å². The number of hydrogen-bond donors (Lipinski definition) is 1. The Morgan fingerprint density at radius 1 is 1.38 bits per heavy atom. The number of carbonyl (C=O) groups excluding carboxylic acids is 1. The lowest BCUT2D eigenvalue weighted by Crippen LogP contribution is -2.64. The molecule has 9 nitrogen and oxygen atoms in total. The van der Waals surface area contributed by atoms with Crippen molar-refractivity contribution in [3.8, 4) is 22.9 Å². The molecule has 180 valence electrons. The van der Waals surface area contributed by atoms with Gasteiger partial charge in [0.2, 0.25) is 5.67 Å². The van der Waals surface area contributed by atoms with E-state index in [-0.39, 0.29) is 19.1 Å². The third kappa shape index (κ3) is 4.01. The molecule has 4 heterocycles. The Bertz CT molecular complexity index is 1240. The number of hydrogen-bond acceptors (Lipinski definition) is 6. The molecule has 0 radical (unpaired) electrons. The Morgan fingerprint density at radius 3 is 2.74 bits per heavy atom. The van der Waals surface area contributed by atoms with E-state index in [1.807, 2.05) is 23.1 Å². The van der Waals surface area contributed by atoms with Gasteiger partial charge >= 0.3 is 0 Å². The number of nitrogens with one attached hydrogen (secondary N) is 1. The molecule has 1 aliphatic rings. The van der Waals surface area contributed by atoms with Crippen molar-refractivity contribution in [2.75, 3.05) is 33.8 Å². The van der Waals surface area contributed by atoms with E-state index in [2.05, 4.69) is 30.3 Å². The SMILES string of the molecule is CCc1c(-c2cc(OC)c3c(C#N)cnn3c2)cnn1C(CC)CCN(C)C(=O)C1(F)CNC1. The molecule has 10 heteroatoms. The molecule has 34 heavy (non-hydrogen) atoms. The van der Waals surface area contributed by atoms with Gasteiger partial charge in [0.15, 0.2) is 0 Å². The molecular weight excluding hydrogens is 437 g/mol. The van der Waals surface area contributed by atoms with Gasteiger partial charge in [0, 0.05) is 49.7 Å². The van der Waals surface area contributed by atoms with E-state index in [0.717, 1.165) is 29.7 Å².